The third-order valence-corrected chi connectivity index (χ3v) is 4.66. The molecule has 2 rings (SSSR count). The molecule has 1 unspecified atom stereocenters. The summed E-state index contributed by atoms with van der Waals surface area (Å²) in [6.07, 6.45) is 6.48. The van der Waals surface area contributed by atoms with Crippen LogP contribution in [-0.4, -0.2) is 32.8 Å². The third-order valence-electron chi connectivity index (χ3n) is 4.66. The fourth-order valence-electron chi connectivity index (χ4n) is 3.45. The van der Waals surface area contributed by atoms with E-state index in [1.54, 1.807) is 14.2 Å². The maximum absolute atomic E-state index is 10.7. The van der Waals surface area contributed by atoms with Gasteiger partial charge in [0, 0.05) is 19.6 Å². The number of carbonyl (C=O) groups is 1. The first-order valence-electron chi connectivity index (χ1n) is 7.62. The Morgan fingerprint density at radius 2 is 1.86 bits per heavy atom. The van der Waals surface area contributed by atoms with E-state index in [1.165, 1.54) is 24.8 Å². The van der Waals surface area contributed by atoms with E-state index >= 15 is 0 Å². The van der Waals surface area contributed by atoms with Gasteiger partial charge in [0.15, 0.2) is 0 Å². The highest BCUT2D eigenvalue weighted by Crippen LogP contribution is 2.42. The minimum Gasteiger partial charge on any atom is -0.497 e. The molecule has 0 bridgehead atoms. The van der Waals surface area contributed by atoms with Gasteiger partial charge in [-0.25, -0.2) is 0 Å². The highest BCUT2D eigenvalue weighted by molar-refractivity contribution is 5.46. The van der Waals surface area contributed by atoms with E-state index in [9.17, 15) is 4.79 Å². The van der Waals surface area contributed by atoms with Gasteiger partial charge in [-0.2, -0.15) is 0 Å². The predicted molar refractivity (Wildman–Crippen MR) is 82.6 cm³/mol. The van der Waals surface area contributed by atoms with E-state index in [1.807, 2.05) is 12.1 Å². The van der Waals surface area contributed by atoms with Gasteiger partial charge in [-0.1, -0.05) is 31.4 Å². The molecule has 21 heavy (non-hydrogen) atoms. The van der Waals surface area contributed by atoms with Crippen molar-refractivity contribution in [2.45, 2.75) is 43.6 Å². The van der Waals surface area contributed by atoms with Crippen LogP contribution in [0, 0.1) is 0 Å². The van der Waals surface area contributed by atoms with E-state index in [0.29, 0.717) is 6.54 Å². The molecule has 1 amide bonds. The van der Waals surface area contributed by atoms with Crippen LogP contribution in [0.4, 0.5) is 0 Å². The van der Waals surface area contributed by atoms with Crippen molar-refractivity contribution in [2.75, 3.05) is 20.8 Å². The first kappa shape index (κ1) is 15.8. The van der Waals surface area contributed by atoms with Crippen molar-refractivity contribution >= 4 is 6.41 Å². The van der Waals surface area contributed by atoms with Crippen molar-refractivity contribution in [3.8, 4) is 5.75 Å². The largest absolute Gasteiger partial charge is 0.497 e. The lowest BCUT2D eigenvalue weighted by atomic mass is 9.72. The van der Waals surface area contributed by atoms with Crippen LogP contribution >= 0.6 is 0 Å². The van der Waals surface area contributed by atoms with Gasteiger partial charge >= 0.3 is 0 Å². The number of hydrogen-bond acceptors (Lipinski definition) is 3. The zero-order chi connectivity index (χ0) is 15.1. The molecule has 0 radical (unpaired) electrons. The molecular weight excluding hydrogens is 266 g/mol. The monoisotopic (exact) mass is 291 g/mol. The van der Waals surface area contributed by atoms with Gasteiger partial charge < -0.3 is 14.8 Å². The second-order valence-electron chi connectivity index (χ2n) is 5.68. The molecular formula is C17H25NO3. The molecule has 0 aromatic heterocycles. The lowest BCUT2D eigenvalue weighted by Gasteiger charge is -2.42. The number of methoxy groups -OCH3 is 2. The number of carbonyl (C=O) groups excluding carboxylic acids is 1. The Balaban J connectivity index is 2.28. The van der Waals surface area contributed by atoms with E-state index in [0.717, 1.165) is 25.0 Å². The predicted octanol–water partition coefficient (Wildman–Crippen LogP) is 2.87. The third kappa shape index (κ3) is 3.56. The van der Waals surface area contributed by atoms with Crippen LogP contribution < -0.4 is 10.1 Å². The number of benzene rings is 1. The van der Waals surface area contributed by atoms with Gasteiger partial charge in [0.25, 0.3) is 0 Å². The van der Waals surface area contributed by atoms with E-state index in [4.69, 9.17) is 9.47 Å². The number of nitrogens with one attached hydrogen (secondary N) is 1. The molecule has 0 spiro atoms. The van der Waals surface area contributed by atoms with Crippen LogP contribution in [0.5, 0.6) is 5.75 Å². The van der Waals surface area contributed by atoms with Crippen molar-refractivity contribution in [3.63, 3.8) is 0 Å². The summed E-state index contributed by atoms with van der Waals surface area (Å²) in [5.74, 6) is 1.01. The average molecular weight is 291 g/mol. The van der Waals surface area contributed by atoms with Gasteiger partial charge in [-0.15, -0.1) is 0 Å². The molecule has 1 atom stereocenters. The quantitative estimate of drug-likeness (QED) is 0.786. The molecule has 0 heterocycles. The van der Waals surface area contributed by atoms with Crippen molar-refractivity contribution < 1.29 is 14.3 Å². The Morgan fingerprint density at radius 1 is 1.19 bits per heavy atom. The molecule has 0 saturated heterocycles. The lowest BCUT2D eigenvalue weighted by molar-refractivity contribution is -0.110. The van der Waals surface area contributed by atoms with Gasteiger partial charge in [0.2, 0.25) is 6.41 Å². The minimum absolute atomic E-state index is 0.166. The number of hydrogen-bond donors (Lipinski definition) is 1. The summed E-state index contributed by atoms with van der Waals surface area (Å²) >= 11 is 0. The average Bonchev–Trinajstić information content (AvgIpc) is 2.56. The number of amides is 1. The zero-order valence-electron chi connectivity index (χ0n) is 12.9. The van der Waals surface area contributed by atoms with Crippen LogP contribution in [0.3, 0.4) is 0 Å². The van der Waals surface area contributed by atoms with Gasteiger partial charge in [-0.3, -0.25) is 4.79 Å². The smallest absolute Gasteiger partial charge is 0.207 e. The normalized spacial score (nSPS) is 18.8. The zero-order valence-corrected chi connectivity index (χ0v) is 12.9. The Kier molecular flexibility index (Phi) is 5.62. The maximum atomic E-state index is 10.7. The van der Waals surface area contributed by atoms with Crippen molar-refractivity contribution in [3.05, 3.63) is 29.8 Å². The fraction of sp³-hybridized carbons (Fsp3) is 0.588. The SMILES string of the molecule is COc1ccc(C(CNC=O)C2(OC)CCCCC2)cc1. The molecule has 1 fully saturated rings. The minimum atomic E-state index is -0.178. The van der Waals surface area contributed by atoms with Crippen LogP contribution in [0.2, 0.25) is 0 Å². The lowest BCUT2D eigenvalue weighted by Crippen LogP contribution is -2.44. The summed E-state index contributed by atoms with van der Waals surface area (Å²) in [7, 11) is 3.46. The summed E-state index contributed by atoms with van der Waals surface area (Å²) < 4.78 is 11.2. The summed E-state index contributed by atoms with van der Waals surface area (Å²) in [4.78, 5) is 10.7. The summed E-state index contributed by atoms with van der Waals surface area (Å²) in [6, 6.07) is 8.08. The molecule has 1 aliphatic rings. The Morgan fingerprint density at radius 3 is 2.38 bits per heavy atom. The number of rotatable bonds is 7. The van der Waals surface area contributed by atoms with E-state index in [-0.39, 0.29) is 11.5 Å². The summed E-state index contributed by atoms with van der Waals surface area (Å²) in [6.45, 7) is 0.601. The second-order valence-corrected chi connectivity index (χ2v) is 5.68. The Bertz CT molecular complexity index is 438. The van der Waals surface area contributed by atoms with E-state index in [2.05, 4.69) is 17.4 Å². The van der Waals surface area contributed by atoms with Gasteiger partial charge in [0.1, 0.15) is 5.75 Å². The molecule has 4 nitrogen and oxygen atoms in total. The molecule has 1 saturated carbocycles. The van der Waals surface area contributed by atoms with Crippen molar-refractivity contribution in [1.29, 1.82) is 0 Å². The van der Waals surface area contributed by atoms with Gasteiger partial charge in [0.05, 0.1) is 12.7 Å². The topological polar surface area (TPSA) is 47.6 Å². The molecule has 4 heteroatoms. The van der Waals surface area contributed by atoms with Crippen LogP contribution in [0.15, 0.2) is 24.3 Å². The molecule has 0 aliphatic heterocycles. The molecule has 116 valence electrons. The summed E-state index contributed by atoms with van der Waals surface area (Å²) in [5, 5.41) is 2.84. The summed E-state index contributed by atoms with van der Waals surface area (Å²) in [5.41, 5.74) is 1.01. The first-order valence-corrected chi connectivity index (χ1v) is 7.62. The standard InChI is InChI=1S/C17H25NO3/c1-20-15-8-6-14(7-9-15)16(12-18-13-19)17(21-2)10-4-3-5-11-17/h6-9,13,16H,3-5,10-12H2,1-2H3,(H,18,19). The van der Waals surface area contributed by atoms with Crippen LogP contribution in [0.1, 0.15) is 43.6 Å². The van der Waals surface area contributed by atoms with Crippen molar-refractivity contribution in [1.82, 2.24) is 5.32 Å². The fourth-order valence-corrected chi connectivity index (χ4v) is 3.45. The van der Waals surface area contributed by atoms with Gasteiger partial charge in [-0.05, 0) is 30.5 Å². The first-order chi connectivity index (χ1) is 10.3. The molecule has 1 aliphatic carbocycles. The van der Waals surface area contributed by atoms with Crippen molar-refractivity contribution in [2.24, 2.45) is 0 Å². The van der Waals surface area contributed by atoms with Crippen LogP contribution in [-0.2, 0) is 9.53 Å². The second kappa shape index (κ2) is 7.46. The van der Waals surface area contributed by atoms with Crippen LogP contribution in [0.25, 0.3) is 0 Å². The molecule has 1 aromatic carbocycles. The highest BCUT2D eigenvalue weighted by Gasteiger charge is 2.40. The Hall–Kier alpha value is -1.55. The maximum Gasteiger partial charge on any atom is 0.207 e. The molecule has 1 aromatic rings. The van der Waals surface area contributed by atoms with E-state index < -0.39 is 0 Å². The highest BCUT2D eigenvalue weighted by atomic mass is 16.5. The number of ether oxygens (including phenoxy) is 2. The Labute approximate surface area is 126 Å². The molecule has 1 N–H and O–H groups in total.